The third-order valence-electron chi connectivity index (χ3n) is 5.81. The van der Waals surface area contributed by atoms with Crippen LogP contribution in [0.15, 0.2) is 48.5 Å². The topological polar surface area (TPSA) is 107 Å². The van der Waals surface area contributed by atoms with Crippen LogP contribution in [0.25, 0.3) is 0 Å². The fourth-order valence-electron chi connectivity index (χ4n) is 4.00. The number of ether oxygens (including phenoxy) is 5. The van der Waals surface area contributed by atoms with Gasteiger partial charge in [0.15, 0.2) is 35.2 Å². The number of phenolic OH excluding ortho intramolecular Hbond substituents is 2. The summed E-state index contributed by atoms with van der Waals surface area (Å²) in [6.07, 6.45) is 0.0753. The molecule has 2 atom stereocenters. The van der Waals surface area contributed by atoms with Crippen LogP contribution < -0.4 is 23.7 Å². The third-order valence-corrected chi connectivity index (χ3v) is 5.81. The zero-order valence-electron chi connectivity index (χ0n) is 19.3. The Balaban J connectivity index is 1.66. The largest absolute Gasteiger partial charge is 0.508 e. The van der Waals surface area contributed by atoms with E-state index >= 15 is 0 Å². The molecule has 8 nitrogen and oxygen atoms in total. The van der Waals surface area contributed by atoms with Crippen molar-refractivity contribution >= 4 is 0 Å². The highest BCUT2D eigenvalue weighted by Gasteiger charge is 2.36. The van der Waals surface area contributed by atoms with E-state index in [0.717, 1.165) is 17.5 Å². The van der Waals surface area contributed by atoms with Crippen LogP contribution in [-0.4, -0.2) is 49.4 Å². The van der Waals surface area contributed by atoms with Crippen molar-refractivity contribution in [3.05, 3.63) is 65.2 Å². The van der Waals surface area contributed by atoms with Gasteiger partial charge in [0, 0.05) is 5.56 Å². The molecule has 0 bridgehead atoms. The molecule has 1 aliphatic heterocycles. The van der Waals surface area contributed by atoms with Gasteiger partial charge in [-0.2, -0.15) is 0 Å². The van der Waals surface area contributed by atoms with E-state index in [9.17, 15) is 15.3 Å². The minimum atomic E-state index is -0.719. The maximum absolute atomic E-state index is 10.3. The Morgan fingerprint density at radius 3 is 1.97 bits per heavy atom. The number of benzene rings is 3. The van der Waals surface area contributed by atoms with Crippen molar-refractivity contribution in [3.63, 3.8) is 0 Å². The molecule has 0 unspecified atom stereocenters. The van der Waals surface area contributed by atoms with Gasteiger partial charge in [0.25, 0.3) is 0 Å². The van der Waals surface area contributed by atoms with Gasteiger partial charge >= 0.3 is 0 Å². The summed E-state index contributed by atoms with van der Waals surface area (Å²) >= 11 is 0. The lowest BCUT2D eigenvalue weighted by atomic mass is 10.00. The fourth-order valence-corrected chi connectivity index (χ4v) is 4.00. The summed E-state index contributed by atoms with van der Waals surface area (Å²) < 4.78 is 28.5. The molecule has 0 aliphatic carbocycles. The Labute approximate surface area is 197 Å². The quantitative estimate of drug-likeness (QED) is 0.459. The second-order valence-corrected chi connectivity index (χ2v) is 7.94. The van der Waals surface area contributed by atoms with Gasteiger partial charge in [-0.3, -0.25) is 0 Å². The summed E-state index contributed by atoms with van der Waals surface area (Å²) in [5.41, 5.74) is 2.69. The van der Waals surface area contributed by atoms with E-state index < -0.39 is 12.2 Å². The standard InChI is InChI=1S/C26H28O8/c1-30-19-12-17(13-20(31-2)24(19)29)25-23(14-27)34-26-21(32-3)10-16(11-22(26)33-25)5-4-15-6-8-18(28)9-7-15/h6-13,23,25,27-29H,4-5,14H2,1-3H3/t23-,25-/m0/s1. The van der Waals surface area contributed by atoms with Crippen molar-refractivity contribution in [1.29, 1.82) is 0 Å². The van der Waals surface area contributed by atoms with Gasteiger partial charge < -0.3 is 39.0 Å². The second kappa shape index (κ2) is 10.0. The number of methoxy groups -OCH3 is 3. The first-order valence-electron chi connectivity index (χ1n) is 10.8. The molecule has 0 aromatic heterocycles. The smallest absolute Gasteiger partial charge is 0.204 e. The molecule has 0 saturated carbocycles. The number of aryl methyl sites for hydroxylation is 2. The lowest BCUT2D eigenvalue weighted by Gasteiger charge is -2.34. The van der Waals surface area contributed by atoms with Crippen LogP contribution in [0.4, 0.5) is 0 Å². The van der Waals surface area contributed by atoms with Crippen molar-refractivity contribution in [2.24, 2.45) is 0 Å². The van der Waals surface area contributed by atoms with Crippen LogP contribution in [0.1, 0.15) is 22.8 Å². The molecule has 1 heterocycles. The van der Waals surface area contributed by atoms with E-state index in [1.54, 1.807) is 31.4 Å². The third kappa shape index (κ3) is 4.63. The van der Waals surface area contributed by atoms with Crippen molar-refractivity contribution < 1.29 is 39.0 Å². The molecule has 3 N–H and O–H groups in total. The van der Waals surface area contributed by atoms with Crippen LogP contribution in [0, 0.1) is 0 Å². The Hall–Kier alpha value is -3.78. The molecule has 3 aromatic rings. The molecule has 0 saturated heterocycles. The Bertz CT molecular complexity index is 1120. The molecule has 3 aromatic carbocycles. The molecule has 180 valence electrons. The van der Waals surface area contributed by atoms with Crippen LogP contribution in [0.2, 0.25) is 0 Å². The lowest BCUT2D eigenvalue weighted by Crippen LogP contribution is -2.36. The summed E-state index contributed by atoms with van der Waals surface area (Å²) in [4.78, 5) is 0. The summed E-state index contributed by atoms with van der Waals surface area (Å²) in [5.74, 6) is 1.98. The van der Waals surface area contributed by atoms with Gasteiger partial charge in [-0.1, -0.05) is 12.1 Å². The summed E-state index contributed by atoms with van der Waals surface area (Å²) in [7, 11) is 4.44. The predicted molar refractivity (Wildman–Crippen MR) is 125 cm³/mol. The minimum absolute atomic E-state index is 0.121. The molecule has 0 radical (unpaired) electrons. The van der Waals surface area contributed by atoms with E-state index in [0.29, 0.717) is 29.2 Å². The monoisotopic (exact) mass is 468 g/mol. The SMILES string of the molecule is COc1cc([C@@H]2Oc3cc(CCc4ccc(O)cc4)cc(OC)c3O[C@H]2CO)cc(OC)c1O. The zero-order chi connectivity index (χ0) is 24.2. The number of hydrogen-bond acceptors (Lipinski definition) is 8. The molecule has 34 heavy (non-hydrogen) atoms. The van der Waals surface area contributed by atoms with E-state index in [2.05, 4.69) is 0 Å². The minimum Gasteiger partial charge on any atom is -0.508 e. The van der Waals surface area contributed by atoms with Crippen molar-refractivity contribution in [2.45, 2.75) is 25.0 Å². The Morgan fingerprint density at radius 1 is 0.765 bits per heavy atom. The highest BCUT2D eigenvalue weighted by atomic mass is 16.6. The first-order chi connectivity index (χ1) is 16.5. The molecule has 0 spiro atoms. The molecule has 8 heteroatoms. The molecule has 1 aliphatic rings. The highest BCUT2D eigenvalue weighted by Crippen LogP contribution is 2.48. The molecule has 4 rings (SSSR count). The number of fused-ring (bicyclic) bond motifs is 1. The van der Waals surface area contributed by atoms with E-state index in [4.69, 9.17) is 23.7 Å². The first kappa shape index (κ1) is 23.4. The molecule has 0 fully saturated rings. The maximum Gasteiger partial charge on any atom is 0.204 e. The summed E-state index contributed by atoms with van der Waals surface area (Å²) in [6.45, 7) is -0.304. The number of rotatable bonds is 8. The molecular formula is C26H28O8. The summed E-state index contributed by atoms with van der Waals surface area (Å²) in [6, 6.07) is 14.2. The van der Waals surface area contributed by atoms with Gasteiger partial charge in [0.1, 0.15) is 5.75 Å². The molecule has 0 amide bonds. The average Bonchev–Trinajstić information content (AvgIpc) is 2.87. The fraction of sp³-hybridized carbons (Fsp3) is 0.308. The second-order valence-electron chi connectivity index (χ2n) is 7.94. The first-order valence-corrected chi connectivity index (χ1v) is 10.8. The van der Waals surface area contributed by atoms with E-state index in [1.807, 2.05) is 24.3 Å². The highest BCUT2D eigenvalue weighted by molar-refractivity contribution is 5.57. The van der Waals surface area contributed by atoms with E-state index in [-0.39, 0.29) is 29.6 Å². The zero-order valence-corrected chi connectivity index (χ0v) is 19.3. The number of aliphatic hydroxyl groups excluding tert-OH is 1. The normalized spacial score (nSPS) is 16.7. The van der Waals surface area contributed by atoms with Crippen molar-refractivity contribution in [1.82, 2.24) is 0 Å². The van der Waals surface area contributed by atoms with Gasteiger partial charge in [0.2, 0.25) is 11.5 Å². The number of hydrogen-bond donors (Lipinski definition) is 3. The van der Waals surface area contributed by atoms with Gasteiger partial charge in [-0.25, -0.2) is 0 Å². The lowest BCUT2D eigenvalue weighted by molar-refractivity contribution is -0.0143. The Kier molecular flexibility index (Phi) is 6.88. The number of aromatic hydroxyl groups is 2. The molecular weight excluding hydrogens is 440 g/mol. The van der Waals surface area contributed by atoms with Crippen LogP contribution >= 0.6 is 0 Å². The average molecular weight is 469 g/mol. The number of aliphatic hydroxyl groups is 1. The van der Waals surface area contributed by atoms with Gasteiger partial charge in [-0.05, 0) is 60.4 Å². The Morgan fingerprint density at radius 2 is 1.38 bits per heavy atom. The van der Waals surface area contributed by atoms with Gasteiger partial charge in [0.05, 0.1) is 27.9 Å². The van der Waals surface area contributed by atoms with Crippen molar-refractivity contribution in [3.8, 4) is 40.2 Å². The van der Waals surface area contributed by atoms with Crippen LogP contribution in [0.5, 0.6) is 40.2 Å². The van der Waals surface area contributed by atoms with Crippen LogP contribution in [-0.2, 0) is 12.8 Å². The predicted octanol–water partition coefficient (Wildman–Crippen LogP) is 3.78. The maximum atomic E-state index is 10.3. The van der Waals surface area contributed by atoms with Crippen LogP contribution in [0.3, 0.4) is 0 Å². The summed E-state index contributed by atoms with van der Waals surface area (Å²) in [5, 5.41) is 29.8. The van der Waals surface area contributed by atoms with Gasteiger partial charge in [-0.15, -0.1) is 0 Å². The number of phenols is 2. The van der Waals surface area contributed by atoms with E-state index in [1.165, 1.54) is 14.2 Å². The van der Waals surface area contributed by atoms with Crippen molar-refractivity contribution in [2.75, 3.05) is 27.9 Å².